The van der Waals surface area contributed by atoms with Gasteiger partial charge in [0.2, 0.25) is 21.8 Å². The SMILES string of the molecule is CC[C@H](C(=O)NC(C)C)N(Cc1ccc(OC)cc1)C(=O)CN(c1ccc(C)cc1)S(C)(=O)=O. The Morgan fingerprint density at radius 1 is 1.03 bits per heavy atom. The monoisotopic (exact) mass is 489 g/mol. The van der Waals surface area contributed by atoms with Crippen molar-refractivity contribution in [3.63, 3.8) is 0 Å². The molecule has 0 unspecified atom stereocenters. The number of carbonyl (C=O) groups is 2. The van der Waals surface area contributed by atoms with E-state index >= 15 is 0 Å². The molecule has 1 N–H and O–H groups in total. The molecule has 9 heteroatoms. The third-order valence-electron chi connectivity index (χ3n) is 5.33. The Hall–Kier alpha value is -3.07. The number of nitrogens with zero attached hydrogens (tertiary/aromatic N) is 2. The van der Waals surface area contributed by atoms with E-state index in [4.69, 9.17) is 4.74 Å². The largest absolute Gasteiger partial charge is 0.497 e. The van der Waals surface area contributed by atoms with Gasteiger partial charge in [-0.3, -0.25) is 13.9 Å². The van der Waals surface area contributed by atoms with Crippen LogP contribution < -0.4 is 14.4 Å². The molecule has 2 aromatic carbocycles. The molecule has 0 aliphatic carbocycles. The molecule has 8 nitrogen and oxygen atoms in total. The maximum Gasteiger partial charge on any atom is 0.244 e. The first-order valence-electron chi connectivity index (χ1n) is 11.2. The van der Waals surface area contributed by atoms with E-state index in [0.717, 1.165) is 21.7 Å². The minimum absolute atomic E-state index is 0.0976. The van der Waals surface area contributed by atoms with E-state index < -0.39 is 28.5 Å². The Morgan fingerprint density at radius 3 is 2.09 bits per heavy atom. The highest BCUT2D eigenvalue weighted by atomic mass is 32.2. The number of rotatable bonds is 11. The van der Waals surface area contributed by atoms with Crippen molar-refractivity contribution in [2.45, 2.75) is 52.7 Å². The van der Waals surface area contributed by atoms with Crippen LogP contribution in [-0.2, 0) is 26.2 Å². The lowest BCUT2D eigenvalue weighted by Crippen LogP contribution is -2.53. The van der Waals surface area contributed by atoms with E-state index in [-0.39, 0.29) is 18.5 Å². The van der Waals surface area contributed by atoms with Crippen LogP contribution in [0, 0.1) is 6.92 Å². The molecule has 0 heterocycles. The summed E-state index contributed by atoms with van der Waals surface area (Å²) in [6.07, 6.45) is 1.45. The minimum atomic E-state index is -3.74. The molecule has 186 valence electrons. The van der Waals surface area contributed by atoms with Crippen LogP contribution in [0.5, 0.6) is 5.75 Å². The van der Waals surface area contributed by atoms with Crippen LogP contribution >= 0.6 is 0 Å². The highest BCUT2D eigenvalue weighted by Gasteiger charge is 2.31. The molecule has 0 spiro atoms. The molecular weight excluding hydrogens is 454 g/mol. The van der Waals surface area contributed by atoms with Crippen LogP contribution in [-0.4, -0.2) is 57.1 Å². The number of carbonyl (C=O) groups excluding carboxylic acids is 2. The van der Waals surface area contributed by atoms with Crippen LogP contribution in [0.1, 0.15) is 38.3 Å². The maximum atomic E-state index is 13.6. The number of anilines is 1. The van der Waals surface area contributed by atoms with Gasteiger partial charge in [-0.1, -0.05) is 36.8 Å². The van der Waals surface area contributed by atoms with Crippen LogP contribution in [0.3, 0.4) is 0 Å². The second kappa shape index (κ2) is 11.9. The normalized spacial score (nSPS) is 12.2. The number of hydrogen-bond acceptors (Lipinski definition) is 5. The molecule has 0 aliphatic heterocycles. The number of methoxy groups -OCH3 is 1. The second-order valence-electron chi connectivity index (χ2n) is 8.56. The number of benzene rings is 2. The van der Waals surface area contributed by atoms with Crippen LogP contribution in [0.25, 0.3) is 0 Å². The van der Waals surface area contributed by atoms with Crippen LogP contribution in [0.4, 0.5) is 5.69 Å². The molecule has 0 aromatic heterocycles. The summed E-state index contributed by atoms with van der Waals surface area (Å²) >= 11 is 0. The number of hydrogen-bond donors (Lipinski definition) is 1. The summed E-state index contributed by atoms with van der Waals surface area (Å²) in [6.45, 7) is 7.16. The standard InChI is InChI=1S/C25H35N3O5S/c1-7-23(25(30)26-18(2)3)27(16-20-10-14-22(33-5)15-11-20)24(29)17-28(34(6,31)32)21-12-8-19(4)9-13-21/h8-15,18,23H,7,16-17H2,1-6H3,(H,26,30)/t23-/m1/s1. The van der Waals surface area contributed by atoms with Gasteiger partial charge in [-0.05, 0) is 57.0 Å². The molecule has 0 radical (unpaired) electrons. The fourth-order valence-electron chi connectivity index (χ4n) is 3.55. The lowest BCUT2D eigenvalue weighted by atomic mass is 10.1. The fourth-order valence-corrected chi connectivity index (χ4v) is 4.40. The smallest absolute Gasteiger partial charge is 0.244 e. The Balaban J connectivity index is 2.42. The molecular formula is C25H35N3O5S. The molecule has 2 aromatic rings. The van der Waals surface area contributed by atoms with Crippen molar-refractivity contribution in [1.29, 1.82) is 0 Å². The van der Waals surface area contributed by atoms with Gasteiger partial charge in [0.05, 0.1) is 19.1 Å². The molecule has 34 heavy (non-hydrogen) atoms. The van der Waals surface area contributed by atoms with Crippen molar-refractivity contribution >= 4 is 27.5 Å². The van der Waals surface area contributed by atoms with Crippen molar-refractivity contribution in [2.24, 2.45) is 0 Å². The van der Waals surface area contributed by atoms with Crippen LogP contribution in [0.2, 0.25) is 0 Å². The number of ether oxygens (including phenoxy) is 1. The van der Waals surface area contributed by atoms with Gasteiger partial charge in [0.15, 0.2) is 0 Å². The molecule has 2 amide bonds. The highest BCUT2D eigenvalue weighted by molar-refractivity contribution is 7.92. The summed E-state index contributed by atoms with van der Waals surface area (Å²) in [7, 11) is -2.18. The number of sulfonamides is 1. The average molecular weight is 490 g/mol. The second-order valence-corrected chi connectivity index (χ2v) is 10.5. The molecule has 0 saturated carbocycles. The van der Waals surface area contributed by atoms with Gasteiger partial charge in [-0.15, -0.1) is 0 Å². The molecule has 0 saturated heterocycles. The Bertz CT molecular complexity index is 1070. The third kappa shape index (κ3) is 7.48. The lowest BCUT2D eigenvalue weighted by molar-refractivity contribution is -0.140. The Morgan fingerprint density at radius 2 is 1.62 bits per heavy atom. The summed E-state index contributed by atoms with van der Waals surface area (Å²) in [6, 6.07) is 13.3. The summed E-state index contributed by atoms with van der Waals surface area (Å²) in [5, 5.41) is 2.87. The topological polar surface area (TPSA) is 96.0 Å². The van der Waals surface area contributed by atoms with E-state index in [0.29, 0.717) is 17.9 Å². The lowest BCUT2D eigenvalue weighted by Gasteiger charge is -2.33. The Kier molecular flexibility index (Phi) is 9.49. The maximum absolute atomic E-state index is 13.6. The number of aryl methyl sites for hydroxylation is 1. The van der Waals surface area contributed by atoms with E-state index in [2.05, 4.69) is 5.32 Å². The first-order valence-corrected chi connectivity index (χ1v) is 13.1. The molecule has 2 rings (SSSR count). The zero-order valence-electron chi connectivity index (χ0n) is 20.7. The molecule has 0 fully saturated rings. The van der Waals surface area contributed by atoms with Crippen molar-refractivity contribution < 1.29 is 22.7 Å². The van der Waals surface area contributed by atoms with Gasteiger partial charge in [0.1, 0.15) is 18.3 Å². The summed E-state index contributed by atoms with van der Waals surface area (Å²) < 4.78 is 31.4. The van der Waals surface area contributed by atoms with Gasteiger partial charge in [0.25, 0.3) is 0 Å². The van der Waals surface area contributed by atoms with Crippen molar-refractivity contribution in [3.8, 4) is 5.75 Å². The van der Waals surface area contributed by atoms with Crippen molar-refractivity contribution in [3.05, 3.63) is 59.7 Å². The predicted molar refractivity (Wildman–Crippen MR) is 134 cm³/mol. The first kappa shape index (κ1) is 27.2. The number of amides is 2. The third-order valence-corrected chi connectivity index (χ3v) is 6.47. The van der Waals surface area contributed by atoms with E-state index in [9.17, 15) is 18.0 Å². The molecule has 0 bridgehead atoms. The molecule has 0 aliphatic rings. The molecule has 1 atom stereocenters. The van der Waals surface area contributed by atoms with Crippen molar-refractivity contribution in [1.82, 2.24) is 10.2 Å². The quantitative estimate of drug-likeness (QED) is 0.523. The first-order chi connectivity index (χ1) is 16.0. The van der Waals surface area contributed by atoms with E-state index in [1.165, 1.54) is 4.90 Å². The zero-order valence-corrected chi connectivity index (χ0v) is 21.6. The number of nitrogens with one attached hydrogen (secondary N) is 1. The van der Waals surface area contributed by atoms with Gasteiger partial charge in [-0.2, -0.15) is 0 Å². The van der Waals surface area contributed by atoms with E-state index in [1.807, 2.05) is 39.8 Å². The zero-order chi connectivity index (χ0) is 25.5. The summed E-state index contributed by atoms with van der Waals surface area (Å²) in [5.74, 6) is -0.0676. The predicted octanol–water partition coefficient (Wildman–Crippen LogP) is 3.10. The average Bonchev–Trinajstić information content (AvgIpc) is 2.77. The van der Waals surface area contributed by atoms with Crippen LogP contribution in [0.15, 0.2) is 48.5 Å². The van der Waals surface area contributed by atoms with Gasteiger partial charge in [0, 0.05) is 12.6 Å². The van der Waals surface area contributed by atoms with Gasteiger partial charge in [-0.25, -0.2) is 8.42 Å². The fraction of sp³-hybridized carbons (Fsp3) is 0.440. The van der Waals surface area contributed by atoms with E-state index in [1.54, 1.807) is 43.5 Å². The summed E-state index contributed by atoms with van der Waals surface area (Å²) in [5.41, 5.74) is 2.16. The highest BCUT2D eigenvalue weighted by Crippen LogP contribution is 2.21. The van der Waals surface area contributed by atoms with Gasteiger partial charge < -0.3 is 15.0 Å². The van der Waals surface area contributed by atoms with Crippen molar-refractivity contribution in [2.75, 3.05) is 24.2 Å². The minimum Gasteiger partial charge on any atom is -0.497 e. The Labute approximate surface area is 202 Å². The van der Waals surface area contributed by atoms with Gasteiger partial charge >= 0.3 is 0 Å². The summed E-state index contributed by atoms with van der Waals surface area (Å²) in [4.78, 5) is 28.0.